The van der Waals surface area contributed by atoms with E-state index in [2.05, 4.69) is 150 Å². The quantitative estimate of drug-likeness (QED) is 0.0684. The third-order valence-electron chi connectivity index (χ3n) is 13.1. The Balaban J connectivity index is 2.25. The molecule has 0 aromatic rings. The maximum atomic E-state index is 12.5. The van der Waals surface area contributed by atoms with Crippen LogP contribution in [-0.2, 0) is 4.79 Å². The molecule has 0 bridgehead atoms. The van der Waals surface area contributed by atoms with Gasteiger partial charge in [0.2, 0.25) is 0 Å². The van der Waals surface area contributed by atoms with Gasteiger partial charge in [0.05, 0.1) is 6.10 Å². The molecule has 65 heavy (non-hydrogen) atoms. The van der Waals surface area contributed by atoms with E-state index in [0.717, 1.165) is 102 Å². The highest BCUT2D eigenvalue weighted by atomic mass is 16.3. The Hall–Kier alpha value is -3.75. The molecule has 0 saturated carbocycles. The van der Waals surface area contributed by atoms with Gasteiger partial charge < -0.3 is 5.11 Å². The monoisotopic (exact) mass is 887 g/mol. The summed E-state index contributed by atoms with van der Waals surface area (Å²) in [6, 6.07) is 0. The van der Waals surface area contributed by atoms with Gasteiger partial charge in [-0.15, -0.1) is 0 Å². The summed E-state index contributed by atoms with van der Waals surface area (Å²) in [6.07, 6.45) is 50.8. The van der Waals surface area contributed by atoms with Crippen LogP contribution in [0.3, 0.4) is 0 Å². The Morgan fingerprint density at radius 3 is 0.831 bits per heavy atom. The number of carbonyl (C=O) groups excluding carboxylic acids is 1. The SMILES string of the molecule is CC(C)=CCC/C(C)=C/CC/C(C)=C/CC/C(C)=C/CC/C(C)=C/CC/C(C)=C/CC/C(C)=C/CC/C(C)=C/CC/C(C)=C/CC/C(C)=C/CC/C(C)=C/CC1=CC(O)C(C)=C(C)C1=O. The lowest BCUT2D eigenvalue weighted by Gasteiger charge is -2.19. The second kappa shape index (κ2) is 35.4. The van der Waals surface area contributed by atoms with Crippen molar-refractivity contribution in [3.63, 3.8) is 0 Å². The predicted octanol–water partition coefficient (Wildman–Crippen LogP) is 19.8. The van der Waals surface area contributed by atoms with Gasteiger partial charge in [-0.05, 0) is 249 Å². The molecule has 2 heteroatoms. The van der Waals surface area contributed by atoms with E-state index >= 15 is 0 Å². The highest BCUT2D eigenvalue weighted by Gasteiger charge is 2.22. The standard InChI is InChI=1S/C63H98O2/c1-48(2)25-15-26-49(3)27-16-28-50(4)29-17-30-51(5)31-18-32-52(6)33-19-34-53(7)35-20-36-54(8)37-21-38-55(9)39-22-40-56(10)41-23-42-57(11)43-24-44-58(12)45-46-61-47-62(64)59(13)60(14)63(61)65/h25,27,29,31,33,35,37,39,41,43,45,47,62,64H,15-24,26,28,30,32,34,36,38,40,42,44,46H2,1-14H3/b49-27+,50-29+,51-31+,52-33+,53-35+,54-37+,55-39+,56-41+,57-43+,58-45+. The Bertz CT molecular complexity index is 1870. The number of carbonyl (C=O) groups is 1. The molecule has 0 aromatic heterocycles. The average Bonchev–Trinajstić information content (AvgIpc) is 3.23. The fourth-order valence-corrected chi connectivity index (χ4v) is 8.00. The molecule has 1 unspecified atom stereocenters. The molecular formula is C63H98O2. The van der Waals surface area contributed by atoms with Gasteiger partial charge in [-0.1, -0.05) is 128 Å². The molecule has 362 valence electrons. The van der Waals surface area contributed by atoms with E-state index in [1.807, 2.05) is 13.8 Å². The lowest BCUT2D eigenvalue weighted by atomic mass is 9.88. The highest BCUT2D eigenvalue weighted by molar-refractivity contribution is 6.09. The molecular weight excluding hydrogens is 789 g/mol. The average molecular weight is 887 g/mol. The predicted molar refractivity (Wildman–Crippen MR) is 291 cm³/mol. The second-order valence-corrected chi connectivity index (χ2v) is 20.2. The van der Waals surface area contributed by atoms with Crippen molar-refractivity contribution in [1.82, 2.24) is 0 Å². The van der Waals surface area contributed by atoms with E-state index in [1.54, 1.807) is 6.08 Å². The molecule has 0 aromatic carbocycles. The first-order chi connectivity index (χ1) is 30.9. The van der Waals surface area contributed by atoms with Crippen LogP contribution in [0.25, 0.3) is 0 Å². The minimum absolute atomic E-state index is 0.0699. The summed E-state index contributed by atoms with van der Waals surface area (Å²) in [7, 11) is 0. The molecule has 1 aliphatic rings. The number of ketones is 1. The maximum Gasteiger partial charge on any atom is 0.184 e. The summed E-state index contributed by atoms with van der Waals surface area (Å²) in [4.78, 5) is 12.5. The van der Waals surface area contributed by atoms with Crippen LogP contribution >= 0.6 is 0 Å². The molecule has 1 N–H and O–H groups in total. The number of Topliss-reactive ketones (excluding diaryl/α,β-unsaturated/α-hetero) is 1. The van der Waals surface area contributed by atoms with Crippen LogP contribution in [0.15, 0.2) is 151 Å². The van der Waals surface area contributed by atoms with E-state index in [4.69, 9.17) is 0 Å². The van der Waals surface area contributed by atoms with Gasteiger partial charge in [-0.3, -0.25) is 4.79 Å². The first-order valence-electron chi connectivity index (χ1n) is 25.7. The Morgan fingerprint density at radius 1 is 0.385 bits per heavy atom. The highest BCUT2D eigenvalue weighted by Crippen LogP contribution is 2.25. The topological polar surface area (TPSA) is 37.3 Å². The molecule has 0 aliphatic heterocycles. The van der Waals surface area contributed by atoms with Gasteiger partial charge >= 0.3 is 0 Å². The van der Waals surface area contributed by atoms with Crippen molar-refractivity contribution in [2.75, 3.05) is 0 Å². The fourth-order valence-electron chi connectivity index (χ4n) is 8.00. The third-order valence-corrected chi connectivity index (χ3v) is 13.1. The molecule has 2 nitrogen and oxygen atoms in total. The number of rotatable bonds is 32. The molecule has 0 spiro atoms. The smallest absolute Gasteiger partial charge is 0.184 e. The molecule has 0 heterocycles. The minimum atomic E-state index is -0.637. The zero-order valence-electron chi connectivity index (χ0n) is 44.7. The van der Waals surface area contributed by atoms with Gasteiger partial charge in [-0.2, -0.15) is 0 Å². The summed E-state index contributed by atoms with van der Waals surface area (Å²) in [5.74, 6) is 0.0699. The van der Waals surface area contributed by atoms with Gasteiger partial charge in [0, 0.05) is 5.57 Å². The van der Waals surface area contributed by atoms with Crippen molar-refractivity contribution in [3.05, 3.63) is 151 Å². The first-order valence-corrected chi connectivity index (χ1v) is 25.7. The largest absolute Gasteiger partial charge is 0.385 e. The van der Waals surface area contributed by atoms with E-state index in [1.165, 1.54) is 93.4 Å². The summed E-state index contributed by atoms with van der Waals surface area (Å²) in [5, 5.41) is 10.2. The molecule has 0 amide bonds. The van der Waals surface area contributed by atoms with Crippen molar-refractivity contribution in [2.24, 2.45) is 0 Å². The summed E-state index contributed by atoms with van der Waals surface area (Å²) >= 11 is 0. The number of allylic oxidation sites excluding steroid dienone is 24. The maximum absolute atomic E-state index is 12.5. The lowest BCUT2D eigenvalue weighted by Crippen LogP contribution is -2.19. The number of aliphatic hydroxyl groups excluding tert-OH is 1. The van der Waals surface area contributed by atoms with Crippen LogP contribution in [0.1, 0.15) is 232 Å². The molecule has 0 saturated heterocycles. The van der Waals surface area contributed by atoms with Crippen LogP contribution < -0.4 is 0 Å². The van der Waals surface area contributed by atoms with Crippen LogP contribution in [0.4, 0.5) is 0 Å². The van der Waals surface area contributed by atoms with Crippen LogP contribution in [0.5, 0.6) is 0 Å². The summed E-state index contributed by atoms with van der Waals surface area (Å²) < 4.78 is 0. The Kier molecular flexibility index (Phi) is 32.3. The number of hydrogen-bond donors (Lipinski definition) is 1. The zero-order valence-corrected chi connectivity index (χ0v) is 44.7. The Labute approximate surface area is 402 Å². The first kappa shape index (κ1) is 59.3. The van der Waals surface area contributed by atoms with Crippen molar-refractivity contribution >= 4 is 5.78 Å². The van der Waals surface area contributed by atoms with Crippen LogP contribution in [0, 0.1) is 0 Å². The number of aliphatic hydroxyl groups is 1. The van der Waals surface area contributed by atoms with Crippen LogP contribution in [-0.4, -0.2) is 17.0 Å². The van der Waals surface area contributed by atoms with Crippen molar-refractivity contribution < 1.29 is 9.90 Å². The second-order valence-electron chi connectivity index (χ2n) is 20.2. The molecule has 0 radical (unpaired) electrons. The van der Waals surface area contributed by atoms with E-state index < -0.39 is 6.10 Å². The van der Waals surface area contributed by atoms with Gasteiger partial charge in [0.15, 0.2) is 5.78 Å². The minimum Gasteiger partial charge on any atom is -0.385 e. The molecule has 1 rings (SSSR count). The normalized spacial score (nSPS) is 17.1. The lowest BCUT2D eigenvalue weighted by molar-refractivity contribution is -0.112. The fraction of sp³-hybridized carbons (Fsp3) is 0.571. The van der Waals surface area contributed by atoms with Crippen molar-refractivity contribution in [3.8, 4) is 0 Å². The van der Waals surface area contributed by atoms with Gasteiger partial charge in [0.1, 0.15) is 0 Å². The van der Waals surface area contributed by atoms with Crippen molar-refractivity contribution in [1.29, 1.82) is 0 Å². The van der Waals surface area contributed by atoms with Gasteiger partial charge in [0.25, 0.3) is 0 Å². The summed E-state index contributed by atoms with van der Waals surface area (Å²) in [5.41, 5.74) is 18.4. The van der Waals surface area contributed by atoms with Crippen molar-refractivity contribution in [2.45, 2.75) is 238 Å². The third kappa shape index (κ3) is 31.0. The van der Waals surface area contributed by atoms with Crippen LogP contribution in [0.2, 0.25) is 0 Å². The zero-order chi connectivity index (χ0) is 48.6. The molecule has 1 atom stereocenters. The molecule has 0 fully saturated rings. The molecule has 1 aliphatic carbocycles. The van der Waals surface area contributed by atoms with Gasteiger partial charge in [-0.25, -0.2) is 0 Å². The van der Waals surface area contributed by atoms with E-state index in [0.29, 0.717) is 17.6 Å². The summed E-state index contributed by atoms with van der Waals surface area (Å²) in [6.45, 7) is 30.7. The van der Waals surface area contributed by atoms with E-state index in [9.17, 15) is 9.90 Å². The van der Waals surface area contributed by atoms with E-state index in [-0.39, 0.29) is 5.78 Å². The Morgan fingerprint density at radius 2 is 0.600 bits per heavy atom. The number of hydrogen-bond acceptors (Lipinski definition) is 2.